The summed E-state index contributed by atoms with van der Waals surface area (Å²) in [4.78, 5) is 11.9. The maximum atomic E-state index is 11.9. The van der Waals surface area contributed by atoms with Crippen molar-refractivity contribution in [3.8, 4) is 17.8 Å². The fraction of sp³-hybridized carbons (Fsp3) is 0.133. The first-order valence-corrected chi connectivity index (χ1v) is 6.03. The van der Waals surface area contributed by atoms with E-state index >= 15 is 0 Å². The number of benzene rings is 1. The second-order valence-corrected chi connectivity index (χ2v) is 4.45. The number of nitrogens with two attached hydrogens (primary N) is 1. The Morgan fingerprint density at radius 3 is 2.57 bits per heavy atom. The molecule has 1 aromatic carbocycles. The molecule has 0 aliphatic carbocycles. The smallest absolute Gasteiger partial charge is 0.357 e. The Kier molecular flexibility index (Phi) is 3.64. The summed E-state index contributed by atoms with van der Waals surface area (Å²) in [7, 11) is 1.24. The quantitative estimate of drug-likeness (QED) is 0.846. The summed E-state index contributed by atoms with van der Waals surface area (Å²) in [5, 5.41) is 18.1. The highest BCUT2D eigenvalue weighted by Gasteiger charge is 2.21. The van der Waals surface area contributed by atoms with Crippen LogP contribution in [0.15, 0.2) is 24.4 Å². The van der Waals surface area contributed by atoms with E-state index in [0.29, 0.717) is 11.3 Å². The SMILES string of the molecule is COC(=O)c1c(N)c(C#N)cn1-c1cc(C)cc(C#N)c1. The second kappa shape index (κ2) is 5.40. The minimum Gasteiger partial charge on any atom is -0.464 e. The zero-order valence-corrected chi connectivity index (χ0v) is 11.5. The summed E-state index contributed by atoms with van der Waals surface area (Å²) >= 11 is 0. The Labute approximate surface area is 121 Å². The van der Waals surface area contributed by atoms with Gasteiger partial charge in [-0.05, 0) is 30.7 Å². The zero-order valence-electron chi connectivity index (χ0n) is 11.5. The maximum Gasteiger partial charge on any atom is 0.357 e. The molecule has 2 rings (SSSR count). The van der Waals surface area contributed by atoms with Gasteiger partial charge in [-0.15, -0.1) is 0 Å². The third-order valence-corrected chi connectivity index (χ3v) is 3.01. The molecule has 0 aliphatic rings. The van der Waals surface area contributed by atoms with E-state index in [1.807, 2.05) is 13.0 Å². The summed E-state index contributed by atoms with van der Waals surface area (Å²) in [5.41, 5.74) is 8.01. The van der Waals surface area contributed by atoms with Gasteiger partial charge < -0.3 is 15.0 Å². The Bertz CT molecular complexity index is 806. The molecule has 0 saturated carbocycles. The van der Waals surface area contributed by atoms with Crippen LogP contribution in [0.4, 0.5) is 5.69 Å². The number of carbonyl (C=O) groups excluding carboxylic acids is 1. The van der Waals surface area contributed by atoms with Crippen LogP contribution >= 0.6 is 0 Å². The molecule has 0 saturated heterocycles. The number of carbonyl (C=O) groups is 1. The topological polar surface area (TPSA) is 105 Å². The van der Waals surface area contributed by atoms with Crippen LogP contribution in [0.1, 0.15) is 27.2 Å². The monoisotopic (exact) mass is 280 g/mol. The highest BCUT2D eigenvalue weighted by atomic mass is 16.5. The van der Waals surface area contributed by atoms with E-state index in [0.717, 1.165) is 5.56 Å². The lowest BCUT2D eigenvalue weighted by Gasteiger charge is -2.09. The van der Waals surface area contributed by atoms with Crippen LogP contribution in [0, 0.1) is 29.6 Å². The van der Waals surface area contributed by atoms with Gasteiger partial charge in [0, 0.05) is 11.9 Å². The van der Waals surface area contributed by atoms with E-state index in [1.165, 1.54) is 17.9 Å². The maximum absolute atomic E-state index is 11.9. The van der Waals surface area contributed by atoms with E-state index in [9.17, 15) is 4.79 Å². The van der Waals surface area contributed by atoms with Crippen molar-refractivity contribution in [3.05, 3.63) is 46.8 Å². The highest BCUT2D eigenvalue weighted by molar-refractivity contribution is 5.96. The molecular weight excluding hydrogens is 268 g/mol. The van der Waals surface area contributed by atoms with Crippen LogP contribution in [-0.4, -0.2) is 17.6 Å². The largest absolute Gasteiger partial charge is 0.464 e. The second-order valence-electron chi connectivity index (χ2n) is 4.45. The summed E-state index contributed by atoms with van der Waals surface area (Å²) < 4.78 is 6.18. The molecule has 2 aromatic rings. The first-order valence-electron chi connectivity index (χ1n) is 6.03. The van der Waals surface area contributed by atoms with Crippen molar-refractivity contribution in [2.24, 2.45) is 0 Å². The summed E-state index contributed by atoms with van der Waals surface area (Å²) in [6, 6.07) is 9.10. The van der Waals surface area contributed by atoms with E-state index in [-0.39, 0.29) is 16.9 Å². The molecule has 0 atom stereocenters. The number of nitrogen functional groups attached to an aromatic ring is 1. The number of rotatable bonds is 2. The van der Waals surface area contributed by atoms with Crippen molar-refractivity contribution < 1.29 is 9.53 Å². The predicted octanol–water partition coefficient (Wildman–Crippen LogP) is 1.90. The lowest BCUT2D eigenvalue weighted by atomic mass is 10.1. The van der Waals surface area contributed by atoms with Crippen molar-refractivity contribution in [1.82, 2.24) is 4.57 Å². The average Bonchev–Trinajstić information content (AvgIpc) is 2.82. The fourth-order valence-electron chi connectivity index (χ4n) is 2.08. The summed E-state index contributed by atoms with van der Waals surface area (Å²) in [6.45, 7) is 1.83. The number of anilines is 1. The van der Waals surface area contributed by atoms with Gasteiger partial charge in [-0.25, -0.2) is 4.79 Å². The molecule has 0 bridgehead atoms. The van der Waals surface area contributed by atoms with Gasteiger partial charge >= 0.3 is 5.97 Å². The number of esters is 1. The Hall–Kier alpha value is -3.25. The minimum absolute atomic E-state index is 0.0596. The third-order valence-electron chi connectivity index (χ3n) is 3.01. The summed E-state index contributed by atoms with van der Waals surface area (Å²) in [5.74, 6) is -0.644. The van der Waals surface area contributed by atoms with Crippen LogP contribution in [0.5, 0.6) is 0 Å². The van der Waals surface area contributed by atoms with Gasteiger partial charge in [-0.2, -0.15) is 10.5 Å². The average molecular weight is 280 g/mol. The number of hydrogen-bond acceptors (Lipinski definition) is 5. The number of methoxy groups -OCH3 is 1. The van der Waals surface area contributed by atoms with Gasteiger partial charge in [0.1, 0.15) is 6.07 Å². The van der Waals surface area contributed by atoms with E-state index in [1.54, 1.807) is 18.2 Å². The van der Waals surface area contributed by atoms with Crippen molar-refractivity contribution >= 4 is 11.7 Å². The van der Waals surface area contributed by atoms with Crippen LogP contribution in [0.2, 0.25) is 0 Å². The lowest BCUT2D eigenvalue weighted by Crippen LogP contribution is -2.11. The molecule has 0 aliphatic heterocycles. The number of nitriles is 2. The van der Waals surface area contributed by atoms with Crippen LogP contribution in [-0.2, 0) is 4.74 Å². The number of hydrogen-bond donors (Lipinski definition) is 1. The van der Waals surface area contributed by atoms with Gasteiger partial charge in [-0.3, -0.25) is 0 Å². The molecule has 0 amide bonds. The molecule has 2 N–H and O–H groups in total. The van der Waals surface area contributed by atoms with E-state index < -0.39 is 5.97 Å². The lowest BCUT2D eigenvalue weighted by molar-refractivity contribution is 0.0593. The molecule has 0 fully saturated rings. The van der Waals surface area contributed by atoms with Crippen LogP contribution in [0.3, 0.4) is 0 Å². The molecule has 21 heavy (non-hydrogen) atoms. The third kappa shape index (κ3) is 2.43. The first-order chi connectivity index (χ1) is 10.0. The van der Waals surface area contributed by atoms with Gasteiger partial charge in [0.25, 0.3) is 0 Å². The predicted molar refractivity (Wildman–Crippen MR) is 75.7 cm³/mol. The van der Waals surface area contributed by atoms with Gasteiger partial charge in [-0.1, -0.05) is 0 Å². The number of nitrogens with zero attached hydrogens (tertiary/aromatic N) is 3. The van der Waals surface area contributed by atoms with Gasteiger partial charge in [0.05, 0.1) is 30.0 Å². The Balaban J connectivity index is 2.75. The van der Waals surface area contributed by atoms with Crippen LogP contribution in [0.25, 0.3) is 5.69 Å². The van der Waals surface area contributed by atoms with E-state index in [4.69, 9.17) is 21.0 Å². The van der Waals surface area contributed by atoms with E-state index in [2.05, 4.69) is 6.07 Å². The zero-order chi connectivity index (χ0) is 15.6. The van der Waals surface area contributed by atoms with Crippen molar-refractivity contribution in [3.63, 3.8) is 0 Å². The van der Waals surface area contributed by atoms with Crippen molar-refractivity contribution in [2.45, 2.75) is 6.92 Å². The van der Waals surface area contributed by atoms with Gasteiger partial charge in [0.15, 0.2) is 5.69 Å². The molecule has 6 heteroatoms. The molecule has 0 radical (unpaired) electrons. The Morgan fingerprint density at radius 2 is 2.00 bits per heavy atom. The normalized spacial score (nSPS) is 9.71. The van der Waals surface area contributed by atoms with Crippen LogP contribution < -0.4 is 5.73 Å². The molecule has 1 heterocycles. The Morgan fingerprint density at radius 1 is 1.29 bits per heavy atom. The molecule has 0 unspecified atom stereocenters. The summed E-state index contributed by atoms with van der Waals surface area (Å²) in [6.07, 6.45) is 1.46. The standard InChI is InChI=1S/C15H12N4O2/c1-9-3-10(6-16)5-12(4-9)19-8-11(7-17)13(18)14(19)15(20)21-2/h3-5,8H,18H2,1-2H3. The molecule has 104 valence electrons. The first kappa shape index (κ1) is 14.2. The van der Waals surface area contributed by atoms with Crippen molar-refractivity contribution in [1.29, 1.82) is 10.5 Å². The van der Waals surface area contributed by atoms with Gasteiger partial charge in [0.2, 0.25) is 0 Å². The number of aryl methyl sites for hydroxylation is 1. The van der Waals surface area contributed by atoms with Crippen molar-refractivity contribution in [2.75, 3.05) is 12.8 Å². The number of aromatic nitrogens is 1. The minimum atomic E-state index is -0.644. The molecule has 0 spiro atoms. The molecular formula is C15H12N4O2. The molecule has 6 nitrogen and oxygen atoms in total. The fourth-order valence-corrected chi connectivity index (χ4v) is 2.08. The highest BCUT2D eigenvalue weighted by Crippen LogP contribution is 2.25. The molecule has 1 aromatic heterocycles. The number of ether oxygens (including phenoxy) is 1.